The highest BCUT2D eigenvalue weighted by atomic mass is 16.5. The van der Waals surface area contributed by atoms with Crippen LogP contribution >= 0.6 is 0 Å². The number of fused-ring (bicyclic) bond motifs is 1. The Morgan fingerprint density at radius 1 is 1.35 bits per heavy atom. The number of hydrogen-bond donors (Lipinski definition) is 1. The van der Waals surface area contributed by atoms with E-state index >= 15 is 0 Å². The lowest BCUT2D eigenvalue weighted by Crippen LogP contribution is -2.23. The van der Waals surface area contributed by atoms with Gasteiger partial charge in [0.2, 0.25) is 0 Å². The van der Waals surface area contributed by atoms with Crippen molar-refractivity contribution < 1.29 is 4.74 Å². The molecule has 0 aromatic carbocycles. The number of aromatic nitrogens is 4. The Kier molecular flexibility index (Phi) is 3.46. The number of nitrogens with zero attached hydrogens (tertiary/aromatic N) is 3. The first-order chi connectivity index (χ1) is 9.74. The molecular weight excluding hydrogens is 256 g/mol. The first kappa shape index (κ1) is 13.1. The summed E-state index contributed by atoms with van der Waals surface area (Å²) in [5.74, 6) is 1.34. The molecule has 0 bridgehead atoms. The van der Waals surface area contributed by atoms with Gasteiger partial charge in [-0.05, 0) is 19.3 Å². The molecule has 1 saturated carbocycles. The highest BCUT2D eigenvalue weighted by Crippen LogP contribution is 2.32. The summed E-state index contributed by atoms with van der Waals surface area (Å²) in [5, 5.41) is 0. The predicted octanol–water partition coefficient (Wildman–Crippen LogP) is 2.20. The van der Waals surface area contributed by atoms with Crippen molar-refractivity contribution >= 4 is 11.2 Å². The molecule has 1 fully saturated rings. The fourth-order valence-corrected chi connectivity index (χ4v) is 2.95. The predicted molar refractivity (Wildman–Crippen MR) is 76.2 cm³/mol. The van der Waals surface area contributed by atoms with Gasteiger partial charge in [-0.15, -0.1) is 0 Å². The third-order valence-corrected chi connectivity index (χ3v) is 3.97. The molecule has 108 valence electrons. The van der Waals surface area contributed by atoms with E-state index < -0.39 is 0 Å². The van der Waals surface area contributed by atoms with Gasteiger partial charge < -0.3 is 9.72 Å². The van der Waals surface area contributed by atoms with Crippen LogP contribution in [-0.2, 0) is 6.54 Å². The maximum Gasteiger partial charge on any atom is 0.301 e. The van der Waals surface area contributed by atoms with Crippen molar-refractivity contribution in [3.63, 3.8) is 0 Å². The van der Waals surface area contributed by atoms with Gasteiger partial charge in [0, 0.05) is 12.5 Å². The maximum absolute atomic E-state index is 12.5. The van der Waals surface area contributed by atoms with Crippen molar-refractivity contribution in [1.29, 1.82) is 0 Å². The largest absolute Gasteiger partial charge is 0.468 e. The lowest BCUT2D eigenvalue weighted by molar-refractivity contribution is 0.347. The number of hydrogen-bond acceptors (Lipinski definition) is 4. The Hall–Kier alpha value is -1.85. The fraction of sp³-hybridized carbons (Fsp3) is 0.643. The molecule has 1 N–H and O–H groups in total. The van der Waals surface area contributed by atoms with Crippen LogP contribution in [0, 0.1) is 0 Å². The van der Waals surface area contributed by atoms with Crippen molar-refractivity contribution in [2.45, 2.75) is 51.5 Å². The van der Waals surface area contributed by atoms with Crippen LogP contribution in [0.2, 0.25) is 0 Å². The van der Waals surface area contributed by atoms with Crippen LogP contribution in [0.25, 0.3) is 11.2 Å². The summed E-state index contributed by atoms with van der Waals surface area (Å²) in [6.45, 7) is 2.62. The van der Waals surface area contributed by atoms with E-state index in [0.29, 0.717) is 29.6 Å². The standard InChI is InChI=1S/C14H20N4O2/c1-3-8-18-13(19)10-12(17-14(18)20-2)16-11(15-10)9-6-4-5-7-9/h9H,3-8H2,1-2H3,(H,15,16). The molecule has 0 spiro atoms. The molecule has 6 heteroatoms. The molecule has 2 heterocycles. The fourth-order valence-electron chi connectivity index (χ4n) is 2.95. The highest BCUT2D eigenvalue weighted by molar-refractivity contribution is 5.69. The van der Waals surface area contributed by atoms with E-state index in [9.17, 15) is 4.79 Å². The monoisotopic (exact) mass is 276 g/mol. The summed E-state index contributed by atoms with van der Waals surface area (Å²) in [5.41, 5.74) is 0.882. The van der Waals surface area contributed by atoms with Gasteiger partial charge in [0.1, 0.15) is 5.82 Å². The van der Waals surface area contributed by atoms with Gasteiger partial charge in [-0.2, -0.15) is 4.98 Å². The molecule has 0 unspecified atom stereocenters. The van der Waals surface area contributed by atoms with E-state index in [1.165, 1.54) is 20.0 Å². The number of rotatable bonds is 4. The van der Waals surface area contributed by atoms with Crippen molar-refractivity contribution in [3.8, 4) is 6.01 Å². The Balaban J connectivity index is 2.13. The van der Waals surface area contributed by atoms with Crippen molar-refractivity contribution in [2.75, 3.05) is 7.11 Å². The second-order valence-electron chi connectivity index (χ2n) is 5.36. The quantitative estimate of drug-likeness (QED) is 0.929. The Bertz CT molecular complexity index is 668. The second kappa shape index (κ2) is 5.26. The van der Waals surface area contributed by atoms with Crippen molar-refractivity contribution in [1.82, 2.24) is 19.5 Å². The lowest BCUT2D eigenvalue weighted by atomic mass is 10.1. The minimum atomic E-state index is -0.0922. The maximum atomic E-state index is 12.5. The summed E-state index contributed by atoms with van der Waals surface area (Å²) >= 11 is 0. The van der Waals surface area contributed by atoms with E-state index in [-0.39, 0.29) is 5.56 Å². The average molecular weight is 276 g/mol. The lowest BCUT2D eigenvalue weighted by Gasteiger charge is -2.08. The molecular formula is C14H20N4O2. The van der Waals surface area contributed by atoms with Crippen molar-refractivity contribution in [3.05, 3.63) is 16.2 Å². The summed E-state index contributed by atoms with van der Waals surface area (Å²) in [6.07, 6.45) is 5.60. The van der Waals surface area contributed by atoms with E-state index in [0.717, 1.165) is 25.1 Å². The second-order valence-corrected chi connectivity index (χ2v) is 5.36. The topological polar surface area (TPSA) is 72.8 Å². The van der Waals surface area contributed by atoms with Crippen LogP contribution in [0.5, 0.6) is 6.01 Å². The zero-order chi connectivity index (χ0) is 14.1. The zero-order valence-corrected chi connectivity index (χ0v) is 12.0. The van der Waals surface area contributed by atoms with Crippen LogP contribution in [0.1, 0.15) is 50.8 Å². The Morgan fingerprint density at radius 2 is 2.10 bits per heavy atom. The average Bonchev–Trinajstić information content (AvgIpc) is 3.09. The normalized spacial score (nSPS) is 16.1. The Morgan fingerprint density at radius 3 is 2.75 bits per heavy atom. The summed E-state index contributed by atoms with van der Waals surface area (Å²) in [7, 11) is 1.53. The van der Waals surface area contributed by atoms with Gasteiger partial charge in [0.25, 0.3) is 5.56 Å². The molecule has 1 aliphatic carbocycles. The first-order valence-corrected chi connectivity index (χ1v) is 7.29. The molecule has 0 saturated heterocycles. The van der Waals surface area contributed by atoms with Crippen LogP contribution in [0.3, 0.4) is 0 Å². The molecule has 1 aliphatic rings. The molecule has 2 aromatic rings. The van der Waals surface area contributed by atoms with E-state index in [4.69, 9.17) is 4.74 Å². The number of nitrogens with one attached hydrogen (secondary N) is 1. The van der Waals surface area contributed by atoms with Crippen LogP contribution in [-0.4, -0.2) is 26.6 Å². The van der Waals surface area contributed by atoms with Gasteiger partial charge in [0.15, 0.2) is 11.2 Å². The molecule has 3 rings (SSSR count). The van der Waals surface area contributed by atoms with Crippen LogP contribution in [0.15, 0.2) is 4.79 Å². The number of methoxy groups -OCH3 is 1. The number of aromatic amines is 1. The van der Waals surface area contributed by atoms with Gasteiger partial charge in [-0.3, -0.25) is 9.36 Å². The third-order valence-electron chi connectivity index (χ3n) is 3.97. The molecule has 0 amide bonds. The van der Waals surface area contributed by atoms with Crippen LogP contribution in [0.4, 0.5) is 0 Å². The third kappa shape index (κ3) is 2.09. The van der Waals surface area contributed by atoms with E-state index in [2.05, 4.69) is 15.0 Å². The summed E-state index contributed by atoms with van der Waals surface area (Å²) < 4.78 is 6.79. The van der Waals surface area contributed by atoms with Gasteiger partial charge in [-0.25, -0.2) is 4.98 Å². The molecule has 0 radical (unpaired) electrons. The molecule has 20 heavy (non-hydrogen) atoms. The van der Waals surface area contributed by atoms with Gasteiger partial charge >= 0.3 is 6.01 Å². The van der Waals surface area contributed by atoms with E-state index in [1.54, 1.807) is 4.57 Å². The van der Waals surface area contributed by atoms with Crippen molar-refractivity contribution in [2.24, 2.45) is 0 Å². The molecule has 6 nitrogen and oxygen atoms in total. The van der Waals surface area contributed by atoms with Gasteiger partial charge in [-0.1, -0.05) is 19.8 Å². The van der Waals surface area contributed by atoms with Gasteiger partial charge in [0.05, 0.1) is 7.11 Å². The smallest absolute Gasteiger partial charge is 0.301 e. The summed E-state index contributed by atoms with van der Waals surface area (Å²) in [6, 6.07) is 0.342. The minimum absolute atomic E-state index is 0.0922. The summed E-state index contributed by atoms with van der Waals surface area (Å²) in [4.78, 5) is 24.6. The zero-order valence-electron chi connectivity index (χ0n) is 12.0. The number of H-pyrrole nitrogens is 1. The van der Waals surface area contributed by atoms with E-state index in [1.807, 2.05) is 6.92 Å². The SMILES string of the molecule is CCCn1c(OC)nc2nc(C3CCCC3)[nH]c2c1=O. The Labute approximate surface area is 117 Å². The number of imidazole rings is 1. The minimum Gasteiger partial charge on any atom is -0.468 e. The molecule has 0 atom stereocenters. The number of ether oxygens (including phenoxy) is 1. The van der Waals surface area contributed by atoms with Crippen LogP contribution < -0.4 is 10.3 Å². The first-order valence-electron chi connectivity index (χ1n) is 7.29. The molecule has 2 aromatic heterocycles. The highest BCUT2D eigenvalue weighted by Gasteiger charge is 2.22. The molecule has 0 aliphatic heterocycles.